The van der Waals surface area contributed by atoms with Crippen molar-refractivity contribution in [1.82, 2.24) is 9.97 Å². The van der Waals surface area contributed by atoms with Crippen LogP contribution in [0, 0.1) is 0 Å². The van der Waals surface area contributed by atoms with Crippen molar-refractivity contribution in [2.75, 3.05) is 6.26 Å². The summed E-state index contributed by atoms with van der Waals surface area (Å²) in [7, 11) is -3.21. The molecular weight excluding hydrogens is 506 g/mol. The van der Waals surface area contributed by atoms with E-state index in [0.29, 0.717) is 17.5 Å². The van der Waals surface area contributed by atoms with Crippen molar-refractivity contribution in [2.45, 2.75) is 28.7 Å². The molecule has 0 aliphatic carbocycles. The maximum absolute atomic E-state index is 13.7. The van der Waals surface area contributed by atoms with Crippen LogP contribution < -0.4 is 0 Å². The lowest BCUT2D eigenvalue weighted by Crippen LogP contribution is -2.23. The topological polar surface area (TPSA) is 97.2 Å². The van der Waals surface area contributed by atoms with Crippen LogP contribution in [-0.4, -0.2) is 46.2 Å². The van der Waals surface area contributed by atoms with E-state index < -0.39 is 26.3 Å². The van der Waals surface area contributed by atoms with Crippen LogP contribution in [0.4, 0.5) is 8.78 Å². The fraction of sp³-hybridized carbons (Fsp3) is 0.192. The van der Waals surface area contributed by atoms with Crippen molar-refractivity contribution in [3.63, 3.8) is 0 Å². The number of carboxylic acid groups (broad SMARTS) is 1. The molecule has 1 unspecified atom stereocenters. The Kier molecular flexibility index (Phi) is 7.10. The van der Waals surface area contributed by atoms with Crippen molar-refractivity contribution < 1.29 is 27.1 Å². The maximum Gasteiger partial charge on any atom is 0.393 e. The van der Waals surface area contributed by atoms with Gasteiger partial charge >= 0.3 is 11.2 Å². The number of rotatable bonds is 8. The van der Waals surface area contributed by atoms with Gasteiger partial charge in [-0.15, -0.1) is 0 Å². The molecule has 0 aliphatic rings. The predicted molar refractivity (Wildman–Crippen MR) is 137 cm³/mol. The summed E-state index contributed by atoms with van der Waals surface area (Å²) in [5.74, 6) is -2.22. The summed E-state index contributed by atoms with van der Waals surface area (Å²) in [6, 6.07) is 16.4. The molecule has 2 aromatic heterocycles. The first-order valence-corrected chi connectivity index (χ1v) is 13.6. The van der Waals surface area contributed by atoms with Crippen LogP contribution in [-0.2, 0) is 21.1 Å². The van der Waals surface area contributed by atoms with Crippen molar-refractivity contribution in [2.24, 2.45) is 0 Å². The number of hydrogen-bond donors (Lipinski definition) is 1. The Balaban J connectivity index is 1.76. The van der Waals surface area contributed by atoms with Gasteiger partial charge in [0.1, 0.15) is 9.84 Å². The molecular formula is C26H22F2N2O4S2. The van der Waals surface area contributed by atoms with Crippen LogP contribution in [0.25, 0.3) is 33.2 Å². The van der Waals surface area contributed by atoms with Gasteiger partial charge in [-0.05, 0) is 72.1 Å². The number of carboxylic acids is 1. The summed E-state index contributed by atoms with van der Waals surface area (Å²) in [6.07, 6.45) is 5.96. The molecule has 0 saturated carbocycles. The second-order valence-electron chi connectivity index (χ2n) is 8.48. The van der Waals surface area contributed by atoms with E-state index in [1.165, 1.54) is 24.7 Å². The van der Waals surface area contributed by atoms with Crippen LogP contribution in [0.1, 0.15) is 12.5 Å². The number of benzene rings is 2. The summed E-state index contributed by atoms with van der Waals surface area (Å²) in [5.41, 5.74) is 4.45. The zero-order valence-corrected chi connectivity index (χ0v) is 21.0. The second-order valence-corrected chi connectivity index (χ2v) is 12.1. The molecule has 4 aromatic rings. The van der Waals surface area contributed by atoms with Gasteiger partial charge in [-0.1, -0.05) is 24.3 Å². The molecule has 0 saturated heterocycles. The summed E-state index contributed by atoms with van der Waals surface area (Å²) in [5, 5.41) is 5.07. The third kappa shape index (κ3) is 5.71. The third-order valence-corrected chi connectivity index (χ3v) is 8.25. The number of pyridine rings is 2. The first-order valence-electron chi connectivity index (χ1n) is 10.9. The largest absolute Gasteiger partial charge is 0.476 e. The number of alkyl halides is 2. The SMILES string of the molecule is CC(Cc1cc(-c2cccc(-c3cncc(SC(F)(F)C(=O)O)c3)c2)c2ncccc2c1)S(C)(=O)=O. The maximum atomic E-state index is 13.7. The highest BCUT2D eigenvalue weighted by Gasteiger charge is 2.40. The molecule has 36 heavy (non-hydrogen) atoms. The summed E-state index contributed by atoms with van der Waals surface area (Å²) in [6.45, 7) is 1.68. The standard InChI is InChI=1S/C26H22F2N2O4S2/c1-16(36(2,33)34)9-17-10-20-7-4-8-30-24(20)23(11-17)19-6-3-5-18(12-19)21-13-22(15-29-14-21)35-26(27,28)25(31)32/h3-8,10-16H,9H2,1-2H3,(H,31,32). The van der Waals surface area contributed by atoms with E-state index in [1.54, 1.807) is 19.2 Å². The van der Waals surface area contributed by atoms with E-state index in [-0.39, 0.29) is 16.7 Å². The molecule has 1 N–H and O–H groups in total. The van der Waals surface area contributed by atoms with Crippen molar-refractivity contribution in [1.29, 1.82) is 0 Å². The van der Waals surface area contributed by atoms with Gasteiger partial charge in [-0.3, -0.25) is 9.97 Å². The number of sulfone groups is 1. The molecule has 0 amide bonds. The van der Waals surface area contributed by atoms with Crippen molar-refractivity contribution >= 4 is 38.5 Å². The molecule has 0 aliphatic heterocycles. The Labute approximate surface area is 211 Å². The molecule has 2 aromatic carbocycles. The number of fused-ring (bicyclic) bond motifs is 1. The fourth-order valence-corrected chi connectivity index (χ4v) is 4.94. The van der Waals surface area contributed by atoms with Gasteiger partial charge in [0.15, 0.2) is 0 Å². The summed E-state index contributed by atoms with van der Waals surface area (Å²) < 4.78 is 51.4. The molecule has 186 valence electrons. The minimum atomic E-state index is -3.98. The number of hydrogen-bond acceptors (Lipinski definition) is 6. The van der Waals surface area contributed by atoms with Gasteiger partial charge in [0, 0.05) is 46.3 Å². The Hall–Kier alpha value is -3.37. The van der Waals surface area contributed by atoms with Gasteiger partial charge in [0.05, 0.1) is 10.8 Å². The first kappa shape index (κ1) is 25.7. The van der Waals surface area contributed by atoms with Crippen LogP contribution >= 0.6 is 11.8 Å². The van der Waals surface area contributed by atoms with E-state index in [4.69, 9.17) is 5.11 Å². The van der Waals surface area contributed by atoms with Gasteiger partial charge in [0.2, 0.25) is 0 Å². The second kappa shape index (κ2) is 9.94. The van der Waals surface area contributed by atoms with Gasteiger partial charge in [-0.2, -0.15) is 8.78 Å². The summed E-state index contributed by atoms with van der Waals surface area (Å²) >= 11 is -0.0797. The molecule has 0 fully saturated rings. The van der Waals surface area contributed by atoms with Crippen LogP contribution in [0.3, 0.4) is 0 Å². The van der Waals surface area contributed by atoms with E-state index in [9.17, 15) is 22.0 Å². The van der Waals surface area contributed by atoms with Crippen molar-refractivity contribution in [3.05, 3.63) is 78.8 Å². The smallest absolute Gasteiger partial charge is 0.393 e. The molecule has 10 heteroatoms. The number of nitrogens with zero attached hydrogens (tertiary/aromatic N) is 2. The Morgan fingerprint density at radius 1 is 1.06 bits per heavy atom. The Morgan fingerprint density at radius 3 is 2.53 bits per heavy atom. The predicted octanol–water partition coefficient (Wildman–Crippen LogP) is 5.71. The lowest BCUT2D eigenvalue weighted by atomic mass is 9.95. The lowest BCUT2D eigenvalue weighted by Gasteiger charge is -2.14. The molecule has 0 radical (unpaired) electrons. The van der Waals surface area contributed by atoms with Crippen LogP contribution in [0.15, 0.2) is 78.1 Å². The quantitative estimate of drug-likeness (QED) is 0.293. The zero-order chi connectivity index (χ0) is 26.1. The number of aliphatic carboxylic acids is 1. The molecule has 0 spiro atoms. The van der Waals surface area contributed by atoms with Gasteiger partial charge in [0.25, 0.3) is 0 Å². The molecule has 2 heterocycles. The van der Waals surface area contributed by atoms with E-state index in [0.717, 1.165) is 27.6 Å². The average Bonchev–Trinajstić information content (AvgIpc) is 2.83. The number of thioether (sulfide) groups is 1. The van der Waals surface area contributed by atoms with Gasteiger partial charge < -0.3 is 5.11 Å². The van der Waals surface area contributed by atoms with Crippen LogP contribution in [0.2, 0.25) is 0 Å². The van der Waals surface area contributed by atoms with Crippen molar-refractivity contribution in [3.8, 4) is 22.3 Å². The molecule has 6 nitrogen and oxygen atoms in total. The minimum Gasteiger partial charge on any atom is -0.476 e. The molecule has 0 bridgehead atoms. The third-order valence-electron chi connectivity index (χ3n) is 5.73. The highest BCUT2D eigenvalue weighted by atomic mass is 32.2. The van der Waals surface area contributed by atoms with E-state index in [2.05, 4.69) is 9.97 Å². The Morgan fingerprint density at radius 2 is 1.81 bits per heavy atom. The van der Waals surface area contributed by atoms with E-state index in [1.807, 2.05) is 42.5 Å². The van der Waals surface area contributed by atoms with Gasteiger partial charge in [-0.25, -0.2) is 13.2 Å². The summed E-state index contributed by atoms with van der Waals surface area (Å²) in [4.78, 5) is 19.4. The van der Waals surface area contributed by atoms with E-state index >= 15 is 0 Å². The molecule has 4 rings (SSSR count). The Bertz CT molecular complexity index is 1560. The monoisotopic (exact) mass is 528 g/mol. The number of aromatic nitrogens is 2. The average molecular weight is 529 g/mol. The highest BCUT2D eigenvalue weighted by Crippen LogP contribution is 2.38. The number of halogens is 2. The minimum absolute atomic E-state index is 0.0224. The highest BCUT2D eigenvalue weighted by molar-refractivity contribution is 8.01. The van der Waals surface area contributed by atoms with Crippen LogP contribution in [0.5, 0.6) is 0 Å². The lowest BCUT2D eigenvalue weighted by molar-refractivity contribution is -0.152. The molecule has 1 atom stereocenters. The normalized spacial score (nSPS) is 13.0. The number of carbonyl (C=O) groups is 1. The fourth-order valence-electron chi connectivity index (χ4n) is 3.77. The zero-order valence-electron chi connectivity index (χ0n) is 19.4. The first-order chi connectivity index (χ1) is 16.9.